The van der Waals surface area contributed by atoms with E-state index in [2.05, 4.69) is 4.98 Å². The summed E-state index contributed by atoms with van der Waals surface area (Å²) in [5.74, 6) is -1.67. The third kappa shape index (κ3) is 2.99. The van der Waals surface area contributed by atoms with Crippen molar-refractivity contribution in [3.05, 3.63) is 59.3 Å². The smallest absolute Gasteiger partial charge is 0.323 e. The molecular formula is C22H19F2N3O3. The molecule has 0 saturated heterocycles. The molecule has 1 atom stereocenters. The largest absolute Gasteiger partial charge is 0.480 e. The molecule has 0 amide bonds. The second-order valence-electron chi connectivity index (χ2n) is 7.68. The molecule has 0 fully saturated rings. The monoisotopic (exact) mass is 411 g/mol. The Morgan fingerprint density at radius 1 is 1.27 bits per heavy atom. The van der Waals surface area contributed by atoms with Crippen molar-refractivity contribution in [1.82, 2.24) is 9.55 Å². The lowest BCUT2D eigenvalue weighted by atomic mass is 9.90. The summed E-state index contributed by atoms with van der Waals surface area (Å²) >= 11 is 0. The number of aliphatic carboxylic acids is 1. The van der Waals surface area contributed by atoms with Gasteiger partial charge in [0.15, 0.2) is 5.58 Å². The quantitative estimate of drug-likeness (QED) is 0.547. The average Bonchev–Trinajstić information content (AvgIpc) is 3.26. The first kappa shape index (κ1) is 18.6. The molecule has 1 aliphatic rings. The fourth-order valence-electron chi connectivity index (χ4n) is 4.44. The van der Waals surface area contributed by atoms with Gasteiger partial charge in [-0.15, -0.1) is 0 Å². The lowest BCUT2D eigenvalue weighted by molar-refractivity contribution is -0.137. The summed E-state index contributed by atoms with van der Waals surface area (Å²) in [6.07, 6.45) is 2.02. The van der Waals surface area contributed by atoms with Crippen LogP contribution in [-0.4, -0.2) is 33.7 Å². The van der Waals surface area contributed by atoms with Gasteiger partial charge in [0.1, 0.15) is 23.7 Å². The number of anilines is 1. The van der Waals surface area contributed by atoms with Crippen LogP contribution in [0.15, 0.2) is 40.8 Å². The number of benzene rings is 2. The normalized spacial score (nSPS) is 16.2. The molecule has 2 aromatic heterocycles. The number of likely N-dealkylation sites (N-methyl/N-ethyl adjacent to an activating group) is 1. The lowest BCUT2D eigenvalue weighted by Crippen LogP contribution is -2.37. The number of carboxylic acids is 1. The second kappa shape index (κ2) is 6.83. The van der Waals surface area contributed by atoms with Gasteiger partial charge < -0.3 is 19.0 Å². The molecule has 2 aromatic carbocycles. The van der Waals surface area contributed by atoms with E-state index in [1.807, 2.05) is 11.9 Å². The number of carbonyl (C=O) groups is 1. The van der Waals surface area contributed by atoms with Gasteiger partial charge in [-0.3, -0.25) is 4.79 Å². The van der Waals surface area contributed by atoms with E-state index in [1.54, 1.807) is 16.7 Å². The molecule has 154 valence electrons. The SMILES string of the molecule is CN(c1nc2ccc(F)cc2o1)[C@H]1CCc2c(c3cc(F)ccc3n2CC(=O)O)C1. The predicted molar refractivity (Wildman–Crippen MR) is 108 cm³/mol. The summed E-state index contributed by atoms with van der Waals surface area (Å²) in [6, 6.07) is 9.11. The minimum atomic E-state index is -0.933. The first-order valence-corrected chi connectivity index (χ1v) is 9.71. The van der Waals surface area contributed by atoms with Crippen molar-refractivity contribution in [2.24, 2.45) is 0 Å². The van der Waals surface area contributed by atoms with Crippen molar-refractivity contribution in [3.8, 4) is 0 Å². The van der Waals surface area contributed by atoms with Gasteiger partial charge in [0, 0.05) is 35.8 Å². The van der Waals surface area contributed by atoms with Gasteiger partial charge in [0.25, 0.3) is 6.01 Å². The fraction of sp³-hybridized carbons (Fsp3) is 0.273. The van der Waals surface area contributed by atoms with Crippen LogP contribution in [0, 0.1) is 11.6 Å². The zero-order chi connectivity index (χ0) is 21.0. The third-order valence-corrected chi connectivity index (χ3v) is 5.88. The van der Waals surface area contributed by atoms with Gasteiger partial charge in [-0.2, -0.15) is 4.98 Å². The van der Waals surface area contributed by atoms with Gasteiger partial charge in [-0.25, -0.2) is 8.78 Å². The van der Waals surface area contributed by atoms with Gasteiger partial charge in [-0.1, -0.05) is 0 Å². The third-order valence-electron chi connectivity index (χ3n) is 5.88. The zero-order valence-corrected chi connectivity index (χ0v) is 16.2. The molecule has 1 N–H and O–H groups in total. The lowest BCUT2D eigenvalue weighted by Gasteiger charge is -2.31. The Hall–Kier alpha value is -3.42. The first-order chi connectivity index (χ1) is 14.4. The summed E-state index contributed by atoms with van der Waals surface area (Å²) in [5.41, 5.74) is 3.58. The highest BCUT2D eigenvalue weighted by molar-refractivity contribution is 5.87. The molecule has 8 heteroatoms. The number of hydrogen-bond acceptors (Lipinski definition) is 4. The van der Waals surface area contributed by atoms with Crippen LogP contribution in [-0.2, 0) is 24.2 Å². The number of carboxylic acid groups (broad SMARTS) is 1. The Bertz CT molecular complexity index is 1290. The van der Waals surface area contributed by atoms with Crippen LogP contribution in [0.2, 0.25) is 0 Å². The molecule has 0 bridgehead atoms. The van der Waals surface area contributed by atoms with Crippen molar-refractivity contribution < 1.29 is 23.1 Å². The molecule has 0 unspecified atom stereocenters. The van der Waals surface area contributed by atoms with Crippen molar-refractivity contribution in [2.45, 2.75) is 31.8 Å². The number of rotatable bonds is 4. The minimum Gasteiger partial charge on any atom is -0.480 e. The Morgan fingerprint density at radius 3 is 2.83 bits per heavy atom. The van der Waals surface area contributed by atoms with Crippen molar-refractivity contribution >= 4 is 34.0 Å². The van der Waals surface area contributed by atoms with Crippen LogP contribution >= 0.6 is 0 Å². The average molecular weight is 411 g/mol. The maximum Gasteiger partial charge on any atom is 0.323 e. The summed E-state index contributed by atoms with van der Waals surface area (Å²) in [7, 11) is 1.87. The number of nitrogens with zero attached hydrogens (tertiary/aromatic N) is 3. The van der Waals surface area contributed by atoms with Crippen LogP contribution in [0.5, 0.6) is 0 Å². The second-order valence-corrected chi connectivity index (χ2v) is 7.68. The molecule has 1 aliphatic carbocycles. The summed E-state index contributed by atoms with van der Waals surface area (Å²) in [6.45, 7) is -0.158. The fourth-order valence-corrected chi connectivity index (χ4v) is 4.44. The van der Waals surface area contributed by atoms with Crippen LogP contribution in [0.4, 0.5) is 14.8 Å². The summed E-state index contributed by atoms with van der Waals surface area (Å²) < 4.78 is 34.9. The number of fused-ring (bicyclic) bond motifs is 4. The molecule has 0 saturated carbocycles. The topological polar surface area (TPSA) is 71.5 Å². The van der Waals surface area contributed by atoms with Crippen molar-refractivity contribution in [3.63, 3.8) is 0 Å². The van der Waals surface area contributed by atoms with E-state index >= 15 is 0 Å². The Kier molecular flexibility index (Phi) is 4.23. The van der Waals surface area contributed by atoms with Crippen molar-refractivity contribution in [2.75, 3.05) is 11.9 Å². The van der Waals surface area contributed by atoms with Crippen molar-refractivity contribution in [1.29, 1.82) is 0 Å². The number of hydrogen-bond donors (Lipinski definition) is 1. The number of aromatic nitrogens is 2. The van der Waals surface area contributed by atoms with E-state index in [1.165, 1.54) is 24.3 Å². The van der Waals surface area contributed by atoms with E-state index in [0.717, 1.165) is 28.6 Å². The molecule has 0 aliphatic heterocycles. The van der Waals surface area contributed by atoms with Crippen LogP contribution in [0.1, 0.15) is 17.7 Å². The maximum absolute atomic E-state index is 14.0. The molecule has 4 aromatic rings. The number of oxazole rings is 1. The van der Waals surface area contributed by atoms with Gasteiger partial charge in [0.2, 0.25) is 0 Å². The molecule has 0 radical (unpaired) electrons. The Balaban J connectivity index is 1.52. The highest BCUT2D eigenvalue weighted by atomic mass is 19.1. The molecule has 5 rings (SSSR count). The summed E-state index contributed by atoms with van der Waals surface area (Å²) in [4.78, 5) is 17.8. The van der Waals surface area contributed by atoms with Crippen LogP contribution in [0.25, 0.3) is 22.0 Å². The number of halogens is 2. The maximum atomic E-state index is 14.0. The highest BCUT2D eigenvalue weighted by Crippen LogP contribution is 2.35. The van der Waals surface area contributed by atoms with Crippen LogP contribution < -0.4 is 4.90 Å². The van der Waals surface area contributed by atoms with E-state index in [-0.39, 0.29) is 24.2 Å². The molecular weight excluding hydrogens is 392 g/mol. The van der Waals surface area contributed by atoms with E-state index in [4.69, 9.17) is 4.42 Å². The van der Waals surface area contributed by atoms with E-state index in [0.29, 0.717) is 30.0 Å². The Labute approximate surface area is 170 Å². The molecule has 30 heavy (non-hydrogen) atoms. The zero-order valence-electron chi connectivity index (χ0n) is 16.2. The van der Waals surface area contributed by atoms with E-state index < -0.39 is 5.97 Å². The van der Waals surface area contributed by atoms with Gasteiger partial charge >= 0.3 is 5.97 Å². The molecule has 6 nitrogen and oxygen atoms in total. The molecule has 2 heterocycles. The van der Waals surface area contributed by atoms with Crippen LogP contribution in [0.3, 0.4) is 0 Å². The minimum absolute atomic E-state index is 0.0301. The van der Waals surface area contributed by atoms with Gasteiger partial charge in [-0.05, 0) is 55.2 Å². The first-order valence-electron chi connectivity index (χ1n) is 9.71. The van der Waals surface area contributed by atoms with E-state index in [9.17, 15) is 18.7 Å². The predicted octanol–water partition coefficient (Wildman–Crippen LogP) is 4.14. The standard InChI is InChI=1S/C22H19F2N3O3/c1-26(22-25-17-5-2-13(24)9-20(17)30-22)14-4-7-19-16(10-14)15-8-12(23)3-6-18(15)27(19)11-21(28)29/h2-3,5-6,8-9,14H,4,7,10-11H2,1H3,(H,28,29)/t14-/m0/s1. The van der Waals surface area contributed by atoms with Gasteiger partial charge in [0.05, 0.1) is 0 Å². The highest BCUT2D eigenvalue weighted by Gasteiger charge is 2.30. The summed E-state index contributed by atoms with van der Waals surface area (Å²) in [5, 5.41) is 10.1. The molecule has 0 spiro atoms. The Morgan fingerprint density at radius 2 is 2.03 bits per heavy atom.